The van der Waals surface area contributed by atoms with Gasteiger partial charge in [-0.3, -0.25) is 9.74 Å². The number of hydrogen-bond acceptors (Lipinski definition) is 4. The number of aromatic nitrogens is 1. The van der Waals surface area contributed by atoms with Crippen molar-refractivity contribution in [3.05, 3.63) is 33.7 Å². The Morgan fingerprint density at radius 3 is 2.33 bits per heavy atom. The number of pyridine rings is 1. The van der Waals surface area contributed by atoms with Gasteiger partial charge >= 0.3 is 12.1 Å². The zero-order valence-electron chi connectivity index (χ0n) is 12.7. The van der Waals surface area contributed by atoms with Gasteiger partial charge in [-0.2, -0.15) is 13.2 Å². The topological polar surface area (TPSA) is 65.4 Å². The molecule has 1 aromatic rings. The number of rotatable bonds is 6. The highest BCUT2D eigenvalue weighted by atomic mass is 19.4. The first-order chi connectivity index (χ1) is 10.9. The molecule has 0 aliphatic rings. The van der Waals surface area contributed by atoms with Gasteiger partial charge in [0.05, 0.1) is 5.56 Å². The molecule has 0 spiro atoms. The van der Waals surface area contributed by atoms with Crippen LogP contribution in [0.3, 0.4) is 0 Å². The molecule has 0 N–H and O–H groups in total. The molecular weight excluding hydrogens is 341 g/mol. The lowest BCUT2D eigenvalue weighted by Crippen LogP contribution is -2.35. The normalized spacial score (nSPS) is 13.5. The smallest absolute Gasteiger partial charge is 0.303 e. The minimum atomic E-state index is -4.91. The number of nitrogens with zero attached hydrogens (tertiary/aromatic N) is 1. The number of alkyl halides is 4. The first-order valence-corrected chi connectivity index (χ1v) is 6.68. The van der Waals surface area contributed by atoms with Crippen molar-refractivity contribution in [1.29, 1.82) is 0 Å². The molecule has 0 bridgehead atoms. The van der Waals surface area contributed by atoms with Gasteiger partial charge in [-0.25, -0.2) is 9.18 Å². The molecule has 0 aliphatic carbocycles. The summed E-state index contributed by atoms with van der Waals surface area (Å²) in [4.78, 5) is 37.0. The maximum atomic E-state index is 13.8. The van der Waals surface area contributed by atoms with Crippen LogP contribution in [0.15, 0.2) is 17.1 Å². The molecule has 0 saturated carbocycles. The highest BCUT2D eigenvalue weighted by molar-refractivity contribution is 5.73. The first kappa shape index (κ1) is 19.8. The van der Waals surface area contributed by atoms with E-state index in [1.807, 2.05) is 0 Å². The second-order valence-electron chi connectivity index (χ2n) is 5.66. The van der Waals surface area contributed by atoms with E-state index in [1.165, 1.54) is 0 Å². The molecule has 0 radical (unpaired) electrons. The van der Waals surface area contributed by atoms with Crippen LogP contribution in [0.2, 0.25) is 0 Å². The molecule has 24 heavy (non-hydrogen) atoms. The van der Waals surface area contributed by atoms with Crippen molar-refractivity contribution >= 4 is 12.3 Å². The molecule has 1 atom stereocenters. The predicted molar refractivity (Wildman–Crippen MR) is 71.5 cm³/mol. The van der Waals surface area contributed by atoms with Crippen molar-refractivity contribution in [3.63, 3.8) is 0 Å². The summed E-state index contributed by atoms with van der Waals surface area (Å²) in [7, 11) is 0. The van der Waals surface area contributed by atoms with Crippen molar-refractivity contribution < 1.29 is 36.6 Å². The van der Waals surface area contributed by atoms with Crippen LogP contribution < -0.4 is 5.56 Å². The molecule has 134 valence electrons. The predicted octanol–water partition coefficient (Wildman–Crippen LogP) is 2.72. The van der Waals surface area contributed by atoms with Gasteiger partial charge in [0.15, 0.2) is 0 Å². The highest BCUT2D eigenvalue weighted by Crippen LogP contribution is 2.32. The molecule has 1 unspecified atom stereocenters. The SMILES string of the molecule is CC(C)(F)CC(C(=O)OF)n1cc(CC=O)c(C(F)(F)F)cc1=O. The second kappa shape index (κ2) is 7.10. The van der Waals surface area contributed by atoms with Crippen LogP contribution in [-0.2, 0) is 27.1 Å². The molecule has 1 heterocycles. The number of hydrogen-bond donors (Lipinski definition) is 0. The zero-order chi connectivity index (χ0) is 18.7. The third-order valence-electron chi connectivity index (χ3n) is 3.13. The average Bonchev–Trinajstić information content (AvgIpc) is 2.44. The van der Waals surface area contributed by atoms with Crippen LogP contribution in [0.25, 0.3) is 0 Å². The molecule has 1 rings (SSSR count). The van der Waals surface area contributed by atoms with Gasteiger partial charge in [-0.15, -0.1) is 0 Å². The molecular formula is C14H14F5NO4. The van der Waals surface area contributed by atoms with Gasteiger partial charge in [-0.1, -0.05) is 0 Å². The summed E-state index contributed by atoms with van der Waals surface area (Å²) >= 11 is 0. The Morgan fingerprint density at radius 1 is 1.33 bits per heavy atom. The summed E-state index contributed by atoms with van der Waals surface area (Å²) in [6.07, 6.45) is -5.58. The fraction of sp³-hybridized carbons (Fsp3) is 0.500. The van der Waals surface area contributed by atoms with Gasteiger partial charge in [0.25, 0.3) is 5.56 Å². The van der Waals surface area contributed by atoms with Crippen molar-refractivity contribution in [3.8, 4) is 0 Å². The van der Waals surface area contributed by atoms with E-state index < -0.39 is 53.4 Å². The van der Waals surface area contributed by atoms with Crippen LogP contribution in [0.1, 0.15) is 37.4 Å². The van der Waals surface area contributed by atoms with Crippen LogP contribution in [0, 0.1) is 0 Å². The van der Waals surface area contributed by atoms with Crippen LogP contribution in [0.4, 0.5) is 22.1 Å². The summed E-state index contributed by atoms with van der Waals surface area (Å²) in [6, 6.07) is -1.65. The molecule has 5 nitrogen and oxygen atoms in total. The number of aldehydes is 1. The minimum absolute atomic E-state index is 0.168. The summed E-state index contributed by atoms with van der Waals surface area (Å²) in [5.41, 5.74) is -5.32. The summed E-state index contributed by atoms with van der Waals surface area (Å²) in [6.45, 7) is 2.07. The number of carbonyl (C=O) groups excluding carboxylic acids is 2. The van der Waals surface area contributed by atoms with E-state index in [0.29, 0.717) is 10.8 Å². The Labute approximate surface area is 132 Å². The highest BCUT2D eigenvalue weighted by Gasteiger charge is 2.37. The standard InChI is InChI=1S/C14H14F5NO4/c1-13(2,15)6-10(12(23)24-19)20-7-8(3-4-21)9(5-11(20)22)14(16,17)18/h4-5,7,10H,3,6H2,1-2H3. The lowest BCUT2D eigenvalue weighted by molar-refractivity contribution is -0.189. The third-order valence-corrected chi connectivity index (χ3v) is 3.13. The van der Waals surface area contributed by atoms with Gasteiger partial charge in [0, 0.05) is 29.6 Å². The Hall–Kier alpha value is -2.26. The minimum Gasteiger partial charge on any atom is -0.303 e. The van der Waals surface area contributed by atoms with Gasteiger partial charge in [0.2, 0.25) is 0 Å². The van der Waals surface area contributed by atoms with E-state index in [9.17, 15) is 36.5 Å². The fourth-order valence-electron chi connectivity index (χ4n) is 2.16. The van der Waals surface area contributed by atoms with Crippen LogP contribution in [-0.4, -0.2) is 22.5 Å². The molecule has 0 aromatic carbocycles. The monoisotopic (exact) mass is 355 g/mol. The van der Waals surface area contributed by atoms with Crippen LogP contribution in [0.5, 0.6) is 0 Å². The Bertz CT molecular complexity index is 675. The van der Waals surface area contributed by atoms with Gasteiger partial charge < -0.3 is 9.36 Å². The maximum absolute atomic E-state index is 13.8. The van der Waals surface area contributed by atoms with E-state index in [0.717, 1.165) is 13.8 Å². The molecule has 0 saturated heterocycles. The zero-order valence-corrected chi connectivity index (χ0v) is 12.7. The van der Waals surface area contributed by atoms with Gasteiger partial charge in [-0.05, 0) is 19.4 Å². The van der Waals surface area contributed by atoms with E-state index in [4.69, 9.17) is 0 Å². The van der Waals surface area contributed by atoms with Crippen molar-refractivity contribution in [2.24, 2.45) is 0 Å². The van der Waals surface area contributed by atoms with Crippen molar-refractivity contribution in [1.82, 2.24) is 4.57 Å². The van der Waals surface area contributed by atoms with E-state index >= 15 is 0 Å². The Morgan fingerprint density at radius 2 is 1.92 bits per heavy atom. The number of halogens is 5. The van der Waals surface area contributed by atoms with Gasteiger partial charge in [0.1, 0.15) is 18.0 Å². The first-order valence-electron chi connectivity index (χ1n) is 6.68. The van der Waals surface area contributed by atoms with E-state index in [1.54, 1.807) is 0 Å². The van der Waals surface area contributed by atoms with Crippen LogP contribution >= 0.6 is 0 Å². The largest absolute Gasteiger partial charge is 0.416 e. The summed E-state index contributed by atoms with van der Waals surface area (Å²) < 4.78 is 65.2. The third kappa shape index (κ3) is 4.87. The summed E-state index contributed by atoms with van der Waals surface area (Å²) in [5, 5.41) is 0. The average molecular weight is 355 g/mol. The molecule has 10 heteroatoms. The molecule has 0 aliphatic heterocycles. The summed E-state index contributed by atoms with van der Waals surface area (Å²) in [5.74, 6) is -1.64. The molecule has 1 aromatic heterocycles. The maximum Gasteiger partial charge on any atom is 0.416 e. The fourth-order valence-corrected chi connectivity index (χ4v) is 2.16. The van der Waals surface area contributed by atoms with Crippen molar-refractivity contribution in [2.45, 2.75) is 44.6 Å². The molecule has 0 fully saturated rings. The van der Waals surface area contributed by atoms with E-state index in [-0.39, 0.29) is 12.4 Å². The van der Waals surface area contributed by atoms with E-state index in [2.05, 4.69) is 4.94 Å². The number of carbonyl (C=O) groups is 2. The second-order valence-corrected chi connectivity index (χ2v) is 5.66. The Kier molecular flexibility index (Phi) is 5.85. The Balaban J connectivity index is 3.55. The van der Waals surface area contributed by atoms with Crippen molar-refractivity contribution in [2.75, 3.05) is 0 Å². The lowest BCUT2D eigenvalue weighted by Gasteiger charge is -2.23. The lowest BCUT2D eigenvalue weighted by atomic mass is 9.99. The quantitative estimate of drug-likeness (QED) is 0.581. The molecule has 0 amide bonds.